The number of thioether (sulfide) groups is 1. The Kier molecular flexibility index (Phi) is 8.77. The first-order chi connectivity index (χ1) is 9.29. The lowest BCUT2D eigenvalue weighted by Crippen LogP contribution is -2.08. The molecular weight excluding hydrogens is 266 g/mol. The van der Waals surface area contributed by atoms with E-state index in [1.165, 1.54) is 0 Å². The number of aromatic nitrogens is 1. The Hall–Kier alpha value is -0.660. The molecule has 0 atom stereocenters. The molecule has 2 N–H and O–H groups in total. The highest BCUT2D eigenvalue weighted by Gasteiger charge is 2.04. The summed E-state index contributed by atoms with van der Waals surface area (Å²) in [4.78, 5) is 5.24. The van der Waals surface area contributed by atoms with E-state index >= 15 is 0 Å². The molecule has 0 saturated carbocycles. The molecule has 1 aromatic heterocycles. The van der Waals surface area contributed by atoms with Crippen molar-refractivity contribution in [2.75, 3.05) is 38.8 Å². The van der Waals surface area contributed by atoms with Crippen LogP contribution in [-0.2, 0) is 16.1 Å². The molecule has 0 bridgehead atoms. The van der Waals surface area contributed by atoms with Crippen LogP contribution in [0.4, 0.5) is 0 Å². The Balaban J connectivity index is 2.16. The van der Waals surface area contributed by atoms with Gasteiger partial charge in [0.15, 0.2) is 0 Å². The van der Waals surface area contributed by atoms with Crippen LogP contribution in [0, 0.1) is 6.92 Å². The van der Waals surface area contributed by atoms with Crippen molar-refractivity contribution in [3.8, 4) is 0 Å². The number of pyridine rings is 1. The van der Waals surface area contributed by atoms with Gasteiger partial charge < -0.3 is 19.7 Å². The molecule has 1 rings (SSSR count). The maximum Gasteiger partial charge on any atom is 0.0856 e. The molecule has 0 spiro atoms. The zero-order valence-corrected chi connectivity index (χ0v) is 12.0. The fraction of sp³-hybridized carbons (Fsp3) is 0.615. The third-order valence-electron chi connectivity index (χ3n) is 2.50. The van der Waals surface area contributed by atoms with Crippen molar-refractivity contribution >= 4 is 11.8 Å². The number of nitrogens with zero attached hydrogens (tertiary/aromatic N) is 1. The van der Waals surface area contributed by atoms with E-state index in [2.05, 4.69) is 4.98 Å². The largest absolute Gasteiger partial charge is 0.394 e. The molecular formula is C13H21NO4S. The summed E-state index contributed by atoms with van der Waals surface area (Å²) in [5, 5.41) is 17.6. The molecule has 1 heterocycles. The molecule has 6 heteroatoms. The highest BCUT2D eigenvalue weighted by molar-refractivity contribution is 7.99. The molecule has 19 heavy (non-hydrogen) atoms. The fourth-order valence-corrected chi connectivity index (χ4v) is 2.38. The van der Waals surface area contributed by atoms with E-state index in [9.17, 15) is 0 Å². The van der Waals surface area contributed by atoms with Gasteiger partial charge in [0.05, 0.1) is 45.3 Å². The van der Waals surface area contributed by atoms with Gasteiger partial charge in [-0.1, -0.05) is 0 Å². The van der Waals surface area contributed by atoms with Crippen molar-refractivity contribution in [3.63, 3.8) is 0 Å². The Morgan fingerprint density at radius 1 is 1.16 bits per heavy atom. The van der Waals surface area contributed by atoms with Crippen LogP contribution < -0.4 is 0 Å². The Morgan fingerprint density at radius 3 is 2.58 bits per heavy atom. The predicted octanol–water partition coefficient (Wildman–Crippen LogP) is 1.000. The molecule has 0 unspecified atom stereocenters. The Bertz CT molecular complexity index is 362. The summed E-state index contributed by atoms with van der Waals surface area (Å²) in [5.74, 6) is 0.843. The van der Waals surface area contributed by atoms with Gasteiger partial charge >= 0.3 is 0 Å². The minimum absolute atomic E-state index is 0.0288. The highest BCUT2D eigenvalue weighted by Crippen LogP contribution is 2.23. The molecule has 0 aliphatic rings. The smallest absolute Gasteiger partial charge is 0.0856 e. The van der Waals surface area contributed by atoms with Crippen LogP contribution in [0.1, 0.15) is 11.3 Å². The SMILES string of the molecule is Cc1c(SCCOCCOCCO)ccnc1CO. The number of hydrogen-bond donors (Lipinski definition) is 2. The number of hydrogen-bond acceptors (Lipinski definition) is 6. The molecule has 0 aliphatic heterocycles. The fourth-order valence-electron chi connectivity index (χ4n) is 1.47. The summed E-state index contributed by atoms with van der Waals surface area (Å²) in [6, 6.07) is 1.95. The second-order valence-electron chi connectivity index (χ2n) is 3.84. The van der Waals surface area contributed by atoms with Gasteiger partial charge in [-0.3, -0.25) is 4.98 Å². The third kappa shape index (κ3) is 6.35. The molecule has 0 aliphatic carbocycles. The van der Waals surface area contributed by atoms with Gasteiger partial charge in [0, 0.05) is 16.8 Å². The van der Waals surface area contributed by atoms with Crippen molar-refractivity contribution < 1.29 is 19.7 Å². The maximum atomic E-state index is 9.13. The van der Waals surface area contributed by atoms with Crippen LogP contribution in [0.15, 0.2) is 17.2 Å². The average molecular weight is 287 g/mol. The molecule has 0 fully saturated rings. The number of rotatable bonds is 10. The topological polar surface area (TPSA) is 71.8 Å². The second-order valence-corrected chi connectivity index (χ2v) is 4.97. The standard InChI is InChI=1S/C13H21NO4S/c1-11-12(10-16)14-3-2-13(11)19-9-8-18-7-6-17-5-4-15/h2-3,15-16H,4-10H2,1H3. The molecule has 0 saturated heterocycles. The minimum Gasteiger partial charge on any atom is -0.394 e. The first-order valence-electron chi connectivity index (χ1n) is 6.24. The molecule has 5 nitrogen and oxygen atoms in total. The van der Waals surface area contributed by atoms with E-state index < -0.39 is 0 Å². The van der Waals surface area contributed by atoms with Gasteiger partial charge in [-0.25, -0.2) is 0 Å². The lowest BCUT2D eigenvalue weighted by Gasteiger charge is -2.09. The lowest BCUT2D eigenvalue weighted by atomic mass is 10.2. The van der Waals surface area contributed by atoms with Crippen LogP contribution in [-0.4, -0.2) is 54.0 Å². The van der Waals surface area contributed by atoms with Crippen molar-refractivity contribution in [1.29, 1.82) is 0 Å². The first kappa shape index (κ1) is 16.4. The van der Waals surface area contributed by atoms with Crippen molar-refractivity contribution in [2.45, 2.75) is 18.4 Å². The van der Waals surface area contributed by atoms with E-state index in [1.54, 1.807) is 18.0 Å². The van der Waals surface area contributed by atoms with Crippen molar-refractivity contribution in [1.82, 2.24) is 4.98 Å². The van der Waals surface area contributed by atoms with Crippen LogP contribution >= 0.6 is 11.8 Å². The normalized spacial score (nSPS) is 10.9. The summed E-state index contributed by atoms with van der Waals surface area (Å²) in [6.07, 6.45) is 1.71. The Morgan fingerprint density at radius 2 is 1.89 bits per heavy atom. The summed E-state index contributed by atoms with van der Waals surface area (Å²) < 4.78 is 10.5. The van der Waals surface area contributed by atoms with Gasteiger partial charge in [0.25, 0.3) is 0 Å². The van der Waals surface area contributed by atoms with Crippen molar-refractivity contribution in [3.05, 3.63) is 23.5 Å². The maximum absolute atomic E-state index is 9.13. The van der Waals surface area contributed by atoms with Crippen LogP contribution in [0.3, 0.4) is 0 Å². The second kappa shape index (κ2) is 10.2. The quantitative estimate of drug-likeness (QED) is 0.494. The average Bonchev–Trinajstić information content (AvgIpc) is 2.43. The van der Waals surface area contributed by atoms with Gasteiger partial charge in [0.1, 0.15) is 0 Å². The van der Waals surface area contributed by atoms with E-state index in [-0.39, 0.29) is 13.2 Å². The zero-order chi connectivity index (χ0) is 13.9. The molecule has 0 radical (unpaired) electrons. The lowest BCUT2D eigenvalue weighted by molar-refractivity contribution is 0.0377. The number of aliphatic hydroxyl groups excluding tert-OH is 2. The summed E-state index contributed by atoms with van der Waals surface area (Å²) in [6.45, 7) is 4.03. The minimum atomic E-state index is -0.0288. The van der Waals surface area contributed by atoms with E-state index in [0.717, 1.165) is 21.9 Å². The van der Waals surface area contributed by atoms with E-state index in [1.807, 2.05) is 13.0 Å². The number of aliphatic hydroxyl groups is 2. The van der Waals surface area contributed by atoms with Gasteiger partial charge in [0.2, 0.25) is 0 Å². The third-order valence-corrected chi connectivity index (χ3v) is 3.63. The summed E-state index contributed by atoms with van der Waals surface area (Å²) >= 11 is 1.69. The van der Waals surface area contributed by atoms with Crippen LogP contribution in [0.25, 0.3) is 0 Å². The van der Waals surface area contributed by atoms with Crippen LogP contribution in [0.5, 0.6) is 0 Å². The monoisotopic (exact) mass is 287 g/mol. The molecule has 0 aromatic carbocycles. The predicted molar refractivity (Wildman–Crippen MR) is 74.3 cm³/mol. The molecule has 1 aromatic rings. The molecule has 0 amide bonds. The summed E-state index contributed by atoms with van der Waals surface area (Å²) in [5.41, 5.74) is 1.75. The van der Waals surface area contributed by atoms with Gasteiger partial charge in [-0.15, -0.1) is 11.8 Å². The van der Waals surface area contributed by atoms with E-state index in [0.29, 0.717) is 26.4 Å². The Labute approximate surface area is 118 Å². The van der Waals surface area contributed by atoms with Gasteiger partial charge in [-0.05, 0) is 18.6 Å². The van der Waals surface area contributed by atoms with Gasteiger partial charge in [-0.2, -0.15) is 0 Å². The van der Waals surface area contributed by atoms with Crippen molar-refractivity contribution in [2.24, 2.45) is 0 Å². The zero-order valence-electron chi connectivity index (χ0n) is 11.2. The summed E-state index contributed by atoms with van der Waals surface area (Å²) in [7, 11) is 0. The highest BCUT2D eigenvalue weighted by atomic mass is 32.2. The first-order valence-corrected chi connectivity index (χ1v) is 7.22. The van der Waals surface area contributed by atoms with E-state index in [4.69, 9.17) is 19.7 Å². The van der Waals surface area contributed by atoms with Crippen LogP contribution in [0.2, 0.25) is 0 Å². The molecule has 108 valence electrons. The number of ether oxygens (including phenoxy) is 2.